The molecular formula is C12H16N4. The van der Waals surface area contributed by atoms with Crippen LogP contribution in [0.15, 0.2) is 24.5 Å². The van der Waals surface area contributed by atoms with Gasteiger partial charge in [0, 0.05) is 6.54 Å². The van der Waals surface area contributed by atoms with Crippen LogP contribution in [0, 0.1) is 13.8 Å². The van der Waals surface area contributed by atoms with Gasteiger partial charge in [-0.3, -0.25) is 5.10 Å². The minimum Gasteiger partial charge on any atom is -0.306 e. The summed E-state index contributed by atoms with van der Waals surface area (Å²) in [6.45, 7) is 5.86. The SMILES string of the molecule is Cc1cccc(CNCc2ncn[nH]2)c1C. The van der Waals surface area contributed by atoms with E-state index < -0.39 is 0 Å². The van der Waals surface area contributed by atoms with E-state index in [9.17, 15) is 0 Å². The van der Waals surface area contributed by atoms with Gasteiger partial charge in [0.25, 0.3) is 0 Å². The molecule has 1 aromatic heterocycles. The summed E-state index contributed by atoms with van der Waals surface area (Å²) in [5, 5.41) is 9.97. The number of aryl methyl sites for hydroxylation is 1. The topological polar surface area (TPSA) is 53.6 Å². The lowest BCUT2D eigenvalue weighted by Crippen LogP contribution is -2.14. The fourth-order valence-corrected chi connectivity index (χ4v) is 1.63. The second-order valence-electron chi connectivity index (χ2n) is 3.89. The van der Waals surface area contributed by atoms with Crippen molar-refractivity contribution in [1.29, 1.82) is 0 Å². The smallest absolute Gasteiger partial charge is 0.138 e. The maximum Gasteiger partial charge on any atom is 0.138 e. The van der Waals surface area contributed by atoms with Crippen LogP contribution in [-0.2, 0) is 13.1 Å². The van der Waals surface area contributed by atoms with Crippen molar-refractivity contribution in [3.63, 3.8) is 0 Å². The van der Waals surface area contributed by atoms with E-state index in [0.717, 1.165) is 12.4 Å². The van der Waals surface area contributed by atoms with Gasteiger partial charge in [0.15, 0.2) is 0 Å². The molecule has 4 heteroatoms. The van der Waals surface area contributed by atoms with Crippen molar-refractivity contribution in [3.8, 4) is 0 Å². The molecule has 0 aliphatic carbocycles. The van der Waals surface area contributed by atoms with Gasteiger partial charge < -0.3 is 5.32 Å². The van der Waals surface area contributed by atoms with Crippen molar-refractivity contribution in [2.45, 2.75) is 26.9 Å². The van der Waals surface area contributed by atoms with E-state index in [0.29, 0.717) is 6.54 Å². The van der Waals surface area contributed by atoms with E-state index in [2.05, 4.69) is 52.5 Å². The predicted octanol–water partition coefficient (Wildman–Crippen LogP) is 1.71. The lowest BCUT2D eigenvalue weighted by Gasteiger charge is -2.08. The molecule has 0 aliphatic rings. The summed E-state index contributed by atoms with van der Waals surface area (Å²) >= 11 is 0. The molecule has 0 saturated heterocycles. The van der Waals surface area contributed by atoms with Gasteiger partial charge in [-0.2, -0.15) is 5.10 Å². The monoisotopic (exact) mass is 216 g/mol. The Labute approximate surface area is 95.1 Å². The molecular weight excluding hydrogens is 200 g/mol. The fraction of sp³-hybridized carbons (Fsp3) is 0.333. The maximum atomic E-state index is 4.06. The molecule has 2 rings (SSSR count). The molecule has 2 N–H and O–H groups in total. The highest BCUT2D eigenvalue weighted by Gasteiger charge is 2.00. The maximum absolute atomic E-state index is 4.06. The third-order valence-electron chi connectivity index (χ3n) is 2.79. The minimum atomic E-state index is 0.716. The first-order valence-electron chi connectivity index (χ1n) is 5.37. The number of rotatable bonds is 4. The summed E-state index contributed by atoms with van der Waals surface area (Å²) < 4.78 is 0. The zero-order valence-corrected chi connectivity index (χ0v) is 9.62. The van der Waals surface area contributed by atoms with Crippen LogP contribution in [0.1, 0.15) is 22.5 Å². The summed E-state index contributed by atoms with van der Waals surface area (Å²) in [5.41, 5.74) is 4.02. The molecule has 0 radical (unpaired) electrons. The first kappa shape index (κ1) is 10.8. The summed E-state index contributed by atoms with van der Waals surface area (Å²) in [7, 11) is 0. The lowest BCUT2D eigenvalue weighted by molar-refractivity contribution is 0.662. The van der Waals surface area contributed by atoms with Crippen molar-refractivity contribution in [3.05, 3.63) is 47.0 Å². The number of nitrogens with one attached hydrogen (secondary N) is 2. The van der Waals surface area contributed by atoms with Crippen molar-refractivity contribution < 1.29 is 0 Å². The third kappa shape index (κ3) is 2.46. The second-order valence-corrected chi connectivity index (χ2v) is 3.89. The number of hydrogen-bond donors (Lipinski definition) is 2. The first-order chi connectivity index (χ1) is 7.77. The summed E-state index contributed by atoms with van der Waals surface area (Å²) in [5.74, 6) is 0.866. The molecule has 0 saturated carbocycles. The van der Waals surface area contributed by atoms with Crippen LogP contribution < -0.4 is 5.32 Å². The number of H-pyrrole nitrogens is 1. The molecule has 0 amide bonds. The zero-order valence-electron chi connectivity index (χ0n) is 9.62. The molecule has 0 atom stereocenters. The average molecular weight is 216 g/mol. The van der Waals surface area contributed by atoms with Gasteiger partial charge in [-0.15, -0.1) is 0 Å². The van der Waals surface area contributed by atoms with Gasteiger partial charge in [0.2, 0.25) is 0 Å². The highest BCUT2D eigenvalue weighted by molar-refractivity contribution is 5.32. The number of nitrogens with zero attached hydrogens (tertiary/aromatic N) is 2. The molecule has 4 nitrogen and oxygen atoms in total. The lowest BCUT2D eigenvalue weighted by atomic mass is 10.0. The van der Waals surface area contributed by atoms with Crippen molar-refractivity contribution >= 4 is 0 Å². The largest absolute Gasteiger partial charge is 0.306 e. The van der Waals surface area contributed by atoms with E-state index >= 15 is 0 Å². The van der Waals surface area contributed by atoms with Gasteiger partial charge in [0.1, 0.15) is 12.2 Å². The number of aromatic amines is 1. The van der Waals surface area contributed by atoms with E-state index in [1.807, 2.05) is 0 Å². The standard InChI is InChI=1S/C12H16N4/c1-9-4-3-5-11(10(9)2)6-13-7-12-14-8-15-16-12/h3-5,8,13H,6-7H2,1-2H3,(H,14,15,16). The van der Waals surface area contributed by atoms with Crippen LogP contribution in [0.2, 0.25) is 0 Å². The molecule has 0 spiro atoms. The third-order valence-corrected chi connectivity index (χ3v) is 2.79. The van der Waals surface area contributed by atoms with Crippen molar-refractivity contribution in [2.75, 3.05) is 0 Å². The Balaban J connectivity index is 1.92. The Bertz CT molecular complexity index is 448. The number of aromatic nitrogens is 3. The molecule has 2 aromatic rings. The second kappa shape index (κ2) is 4.90. The Morgan fingerprint density at radius 2 is 2.12 bits per heavy atom. The quantitative estimate of drug-likeness (QED) is 0.818. The molecule has 0 unspecified atom stereocenters. The zero-order chi connectivity index (χ0) is 11.4. The molecule has 84 valence electrons. The first-order valence-corrected chi connectivity index (χ1v) is 5.37. The van der Waals surface area contributed by atoms with Crippen LogP contribution in [0.4, 0.5) is 0 Å². The van der Waals surface area contributed by atoms with Gasteiger partial charge >= 0.3 is 0 Å². The van der Waals surface area contributed by atoms with Crippen molar-refractivity contribution in [1.82, 2.24) is 20.5 Å². The van der Waals surface area contributed by atoms with Crippen LogP contribution >= 0.6 is 0 Å². The fourth-order valence-electron chi connectivity index (χ4n) is 1.63. The van der Waals surface area contributed by atoms with Gasteiger partial charge in [-0.05, 0) is 30.5 Å². The number of hydrogen-bond acceptors (Lipinski definition) is 3. The summed E-state index contributed by atoms with van der Waals surface area (Å²) in [6, 6.07) is 6.37. The van der Waals surface area contributed by atoms with Crippen LogP contribution in [0.25, 0.3) is 0 Å². The van der Waals surface area contributed by atoms with Crippen LogP contribution in [-0.4, -0.2) is 15.2 Å². The van der Waals surface area contributed by atoms with Gasteiger partial charge in [0.05, 0.1) is 6.54 Å². The van der Waals surface area contributed by atoms with E-state index in [1.165, 1.54) is 23.0 Å². The molecule has 0 aliphatic heterocycles. The molecule has 0 fully saturated rings. The van der Waals surface area contributed by atoms with Gasteiger partial charge in [-0.1, -0.05) is 18.2 Å². The summed E-state index contributed by atoms with van der Waals surface area (Å²) in [6.07, 6.45) is 1.52. The van der Waals surface area contributed by atoms with Crippen molar-refractivity contribution in [2.24, 2.45) is 0 Å². The number of benzene rings is 1. The molecule has 1 aromatic carbocycles. The van der Waals surface area contributed by atoms with E-state index in [4.69, 9.17) is 0 Å². The normalized spacial score (nSPS) is 10.6. The molecule has 0 bridgehead atoms. The van der Waals surface area contributed by atoms with Crippen LogP contribution in [0.3, 0.4) is 0 Å². The molecule has 16 heavy (non-hydrogen) atoms. The van der Waals surface area contributed by atoms with Gasteiger partial charge in [-0.25, -0.2) is 4.98 Å². The Hall–Kier alpha value is -1.68. The Kier molecular flexibility index (Phi) is 3.31. The van der Waals surface area contributed by atoms with E-state index in [-0.39, 0.29) is 0 Å². The minimum absolute atomic E-state index is 0.716. The average Bonchev–Trinajstić information content (AvgIpc) is 2.77. The highest BCUT2D eigenvalue weighted by Crippen LogP contribution is 2.12. The highest BCUT2D eigenvalue weighted by atomic mass is 15.2. The molecule has 1 heterocycles. The van der Waals surface area contributed by atoms with Crippen LogP contribution in [0.5, 0.6) is 0 Å². The van der Waals surface area contributed by atoms with E-state index in [1.54, 1.807) is 0 Å². The Morgan fingerprint density at radius 3 is 2.88 bits per heavy atom. The summed E-state index contributed by atoms with van der Waals surface area (Å²) in [4.78, 5) is 4.06. The predicted molar refractivity (Wildman–Crippen MR) is 62.8 cm³/mol. The Morgan fingerprint density at radius 1 is 1.25 bits per heavy atom.